The van der Waals surface area contributed by atoms with Crippen molar-refractivity contribution in [3.8, 4) is 12.1 Å². The largest absolute Gasteiger partial charge is 0.416 e. The van der Waals surface area contributed by atoms with Gasteiger partial charge in [0, 0.05) is 31.8 Å². The Morgan fingerprint density at radius 1 is 1.12 bits per heavy atom. The first-order valence-corrected chi connectivity index (χ1v) is 13.6. The number of nitriles is 2. The molecule has 4 rings (SSSR count). The highest BCUT2D eigenvalue weighted by Crippen LogP contribution is 2.38. The first kappa shape index (κ1) is 28.6. The van der Waals surface area contributed by atoms with E-state index in [0.29, 0.717) is 19.4 Å². The highest BCUT2D eigenvalue weighted by atomic mass is 32.2. The van der Waals surface area contributed by atoms with Crippen molar-refractivity contribution in [1.29, 1.82) is 10.5 Å². The van der Waals surface area contributed by atoms with Crippen LogP contribution in [0.2, 0.25) is 0 Å². The second-order valence-corrected chi connectivity index (χ2v) is 10.9. The van der Waals surface area contributed by atoms with Gasteiger partial charge in [-0.3, -0.25) is 9.69 Å². The number of carbonyl (C=O) groups is 2. The van der Waals surface area contributed by atoms with Crippen LogP contribution in [0.5, 0.6) is 0 Å². The first-order valence-electron chi connectivity index (χ1n) is 12.1. The molecule has 2 aromatic carbocycles. The number of hydrogen-bond acceptors (Lipinski definition) is 6. The van der Waals surface area contributed by atoms with Crippen LogP contribution in [-0.4, -0.2) is 44.9 Å². The smallest absolute Gasteiger partial charge is 0.341 e. The number of carbonyl (C=O) groups excluding carboxylic acids is 2. The van der Waals surface area contributed by atoms with Crippen LogP contribution >= 0.6 is 0 Å². The molecular weight excluding hydrogens is 549 g/mol. The van der Waals surface area contributed by atoms with Gasteiger partial charge in [-0.2, -0.15) is 23.7 Å². The van der Waals surface area contributed by atoms with E-state index in [9.17, 15) is 41.7 Å². The Balaban J connectivity index is 1.72. The lowest BCUT2D eigenvalue weighted by Gasteiger charge is -2.34. The van der Waals surface area contributed by atoms with E-state index >= 15 is 0 Å². The molecule has 0 spiro atoms. The summed E-state index contributed by atoms with van der Waals surface area (Å²) in [5.41, 5.74) is -1.25. The highest BCUT2D eigenvalue weighted by molar-refractivity contribution is 7.89. The number of hydrogen-bond donors (Lipinski definition) is 2. The summed E-state index contributed by atoms with van der Waals surface area (Å²) >= 11 is 0. The Hall–Kier alpha value is -4.40. The van der Waals surface area contributed by atoms with Crippen LogP contribution in [-0.2, 0) is 21.0 Å². The number of urea groups is 1. The van der Waals surface area contributed by atoms with E-state index in [1.54, 1.807) is 0 Å². The summed E-state index contributed by atoms with van der Waals surface area (Å²) in [6.07, 6.45) is -3.59. The maximum absolute atomic E-state index is 13.3. The molecule has 1 fully saturated rings. The van der Waals surface area contributed by atoms with Crippen molar-refractivity contribution in [3.05, 3.63) is 70.4 Å². The molecule has 2 aromatic rings. The van der Waals surface area contributed by atoms with Gasteiger partial charge in [0.05, 0.1) is 45.5 Å². The SMILES string of the molecule is CC1=C(C#N)C(c2ccc(C#N)cc2S(=O)(=O)NCCN2CCCC2=O)NC(=O)N1c1cccc(C(F)(F)F)c1. The molecule has 2 heterocycles. The molecule has 2 aliphatic rings. The van der Waals surface area contributed by atoms with Gasteiger partial charge in [-0.25, -0.2) is 17.9 Å². The minimum Gasteiger partial charge on any atom is -0.341 e. The van der Waals surface area contributed by atoms with Crippen LogP contribution < -0.4 is 14.9 Å². The van der Waals surface area contributed by atoms with E-state index in [2.05, 4.69) is 10.0 Å². The Morgan fingerprint density at radius 2 is 1.88 bits per heavy atom. The number of nitrogens with zero attached hydrogens (tertiary/aromatic N) is 4. The van der Waals surface area contributed by atoms with E-state index in [0.717, 1.165) is 29.2 Å². The van der Waals surface area contributed by atoms with Gasteiger partial charge in [-0.15, -0.1) is 0 Å². The molecule has 40 heavy (non-hydrogen) atoms. The van der Waals surface area contributed by atoms with Crippen molar-refractivity contribution in [3.63, 3.8) is 0 Å². The molecule has 0 aromatic heterocycles. The standard InChI is InChI=1S/C26H23F3N6O4S/c1-16-21(15-31)24(33-25(37)35(16)19-5-2-4-18(13-19)26(27,28)29)20-8-7-17(14-30)12-22(20)40(38,39)32-9-11-34-10-3-6-23(34)36/h2,4-5,7-8,12-13,24,32H,3,6,9-11H2,1H3,(H,33,37). The van der Waals surface area contributed by atoms with Gasteiger partial charge in [0.15, 0.2) is 0 Å². The fourth-order valence-corrected chi connectivity index (χ4v) is 5.95. The maximum atomic E-state index is 13.3. The normalized spacial score (nSPS) is 18.0. The average molecular weight is 573 g/mol. The van der Waals surface area contributed by atoms with Crippen molar-refractivity contribution >= 4 is 27.6 Å². The summed E-state index contributed by atoms with van der Waals surface area (Å²) in [5.74, 6) is -0.0825. The van der Waals surface area contributed by atoms with Gasteiger partial charge in [0.25, 0.3) is 0 Å². The quantitative estimate of drug-likeness (QED) is 0.519. The zero-order chi connectivity index (χ0) is 29.2. The topological polar surface area (TPSA) is 146 Å². The predicted molar refractivity (Wildman–Crippen MR) is 136 cm³/mol. The third kappa shape index (κ3) is 5.64. The zero-order valence-corrected chi connectivity index (χ0v) is 21.9. The number of allylic oxidation sites excluding steroid dienone is 1. The van der Waals surface area contributed by atoms with E-state index in [4.69, 9.17) is 0 Å². The maximum Gasteiger partial charge on any atom is 0.416 e. The van der Waals surface area contributed by atoms with Crippen LogP contribution in [0.25, 0.3) is 0 Å². The summed E-state index contributed by atoms with van der Waals surface area (Å²) in [4.78, 5) is 27.1. The molecule has 0 bridgehead atoms. The summed E-state index contributed by atoms with van der Waals surface area (Å²) in [5, 5.41) is 21.9. The molecule has 14 heteroatoms. The van der Waals surface area contributed by atoms with Crippen LogP contribution in [0.1, 0.15) is 42.5 Å². The predicted octanol–water partition coefficient (Wildman–Crippen LogP) is 3.55. The van der Waals surface area contributed by atoms with Crippen molar-refractivity contribution in [1.82, 2.24) is 14.9 Å². The molecule has 0 saturated carbocycles. The van der Waals surface area contributed by atoms with E-state index in [1.165, 1.54) is 30.0 Å². The molecule has 0 radical (unpaired) electrons. The highest BCUT2D eigenvalue weighted by Gasteiger charge is 2.37. The van der Waals surface area contributed by atoms with Crippen molar-refractivity contribution in [2.45, 2.75) is 36.9 Å². The number of rotatable bonds is 7. The van der Waals surface area contributed by atoms with E-state index in [-0.39, 0.29) is 52.0 Å². The molecule has 2 N–H and O–H groups in total. The lowest BCUT2D eigenvalue weighted by atomic mass is 9.94. The lowest BCUT2D eigenvalue weighted by molar-refractivity contribution is -0.137. The number of amides is 3. The number of sulfonamides is 1. The number of nitrogens with one attached hydrogen (secondary N) is 2. The van der Waals surface area contributed by atoms with Gasteiger partial charge >= 0.3 is 12.2 Å². The molecule has 1 saturated heterocycles. The third-order valence-corrected chi connectivity index (χ3v) is 8.14. The van der Waals surface area contributed by atoms with Crippen molar-refractivity contribution < 1.29 is 31.2 Å². The lowest BCUT2D eigenvalue weighted by Crippen LogP contribution is -2.47. The summed E-state index contributed by atoms with van der Waals surface area (Å²) in [6, 6.07) is 9.38. The third-order valence-electron chi connectivity index (χ3n) is 6.63. The minimum absolute atomic E-state index is 0.00351. The van der Waals surface area contributed by atoms with Gasteiger partial charge < -0.3 is 10.2 Å². The molecule has 0 aliphatic carbocycles. The Labute approximate surface area is 228 Å². The van der Waals surface area contributed by atoms with Gasteiger partial charge in [0.1, 0.15) is 0 Å². The first-order chi connectivity index (χ1) is 18.9. The average Bonchev–Trinajstić information content (AvgIpc) is 3.32. The second-order valence-electron chi connectivity index (χ2n) is 9.12. The Bertz CT molecular complexity index is 1590. The summed E-state index contributed by atoms with van der Waals surface area (Å²) in [7, 11) is -4.30. The number of halogens is 3. The van der Waals surface area contributed by atoms with E-state index < -0.39 is 33.8 Å². The van der Waals surface area contributed by atoms with Gasteiger partial charge in [-0.05, 0) is 49.2 Å². The van der Waals surface area contributed by atoms with Crippen LogP contribution in [0.3, 0.4) is 0 Å². The van der Waals surface area contributed by atoms with Crippen molar-refractivity contribution in [2.75, 3.05) is 24.5 Å². The van der Waals surface area contributed by atoms with Gasteiger partial charge in [-0.1, -0.05) is 12.1 Å². The fraction of sp³-hybridized carbons (Fsp3) is 0.308. The molecular formula is C26H23F3N6O4S. The Kier molecular flexibility index (Phi) is 7.86. The summed E-state index contributed by atoms with van der Waals surface area (Å²) in [6.45, 7) is 1.92. The number of anilines is 1. The van der Waals surface area contributed by atoms with Crippen LogP contribution in [0.4, 0.5) is 23.7 Å². The number of alkyl halides is 3. The Morgan fingerprint density at radius 3 is 2.50 bits per heavy atom. The van der Waals surface area contributed by atoms with Crippen LogP contribution in [0, 0.1) is 22.7 Å². The molecule has 1 unspecified atom stereocenters. The summed E-state index contributed by atoms with van der Waals surface area (Å²) < 4.78 is 68.9. The zero-order valence-electron chi connectivity index (χ0n) is 21.1. The van der Waals surface area contributed by atoms with Gasteiger partial charge in [0.2, 0.25) is 15.9 Å². The molecule has 208 valence electrons. The van der Waals surface area contributed by atoms with Crippen molar-refractivity contribution in [2.24, 2.45) is 0 Å². The minimum atomic E-state index is -4.67. The number of likely N-dealkylation sites (tertiary alicyclic amines) is 1. The molecule has 10 nitrogen and oxygen atoms in total. The number of benzene rings is 2. The molecule has 1 atom stereocenters. The van der Waals surface area contributed by atoms with Crippen LogP contribution in [0.15, 0.2) is 58.6 Å². The second kappa shape index (κ2) is 11.0. The van der Waals surface area contributed by atoms with E-state index in [1.807, 2.05) is 12.1 Å². The molecule has 2 aliphatic heterocycles. The molecule has 3 amide bonds. The monoisotopic (exact) mass is 572 g/mol. The fourth-order valence-electron chi connectivity index (χ4n) is 4.66.